The molecule has 1 unspecified atom stereocenters. The Hall–Kier alpha value is -3.18. The second kappa shape index (κ2) is 8.05. The van der Waals surface area contributed by atoms with E-state index in [1.54, 1.807) is 6.20 Å². The van der Waals surface area contributed by atoms with Crippen molar-refractivity contribution in [3.05, 3.63) is 77.4 Å². The second-order valence-electron chi connectivity index (χ2n) is 7.09. The van der Waals surface area contributed by atoms with Crippen LogP contribution in [0.15, 0.2) is 67.0 Å². The number of rotatable bonds is 5. The quantitative estimate of drug-likeness (QED) is 0.426. The van der Waals surface area contributed by atoms with Gasteiger partial charge in [0.25, 0.3) is 0 Å². The molecule has 5 heteroatoms. The van der Waals surface area contributed by atoms with Crippen LogP contribution in [0.1, 0.15) is 30.2 Å². The summed E-state index contributed by atoms with van der Waals surface area (Å²) in [7, 11) is 0. The number of amides is 1. The Morgan fingerprint density at radius 2 is 2.00 bits per heavy atom. The molecule has 29 heavy (non-hydrogen) atoms. The van der Waals surface area contributed by atoms with Gasteiger partial charge in [-0.3, -0.25) is 4.79 Å². The topological polar surface area (TPSA) is 46.9 Å². The molecular formula is C24H23N3OS. The predicted molar refractivity (Wildman–Crippen MR) is 122 cm³/mol. The Labute approximate surface area is 174 Å². The molecule has 0 radical (unpaired) electrons. The molecule has 146 valence electrons. The molecule has 2 aromatic carbocycles. The Balaban J connectivity index is 1.59. The highest BCUT2D eigenvalue weighted by Crippen LogP contribution is 2.28. The summed E-state index contributed by atoms with van der Waals surface area (Å²) in [5, 5.41) is 4.75. The van der Waals surface area contributed by atoms with Gasteiger partial charge in [0.1, 0.15) is 0 Å². The van der Waals surface area contributed by atoms with Crippen molar-refractivity contribution in [1.82, 2.24) is 9.55 Å². The van der Waals surface area contributed by atoms with Crippen LogP contribution >= 0.6 is 11.3 Å². The first-order valence-corrected chi connectivity index (χ1v) is 10.4. The zero-order valence-electron chi connectivity index (χ0n) is 16.7. The number of thiazole rings is 1. The van der Waals surface area contributed by atoms with Crippen molar-refractivity contribution in [3.63, 3.8) is 0 Å². The summed E-state index contributed by atoms with van der Waals surface area (Å²) in [6.07, 6.45) is 7.91. The largest absolute Gasteiger partial charge is 0.324 e. The molecule has 0 saturated carbocycles. The van der Waals surface area contributed by atoms with E-state index in [0.29, 0.717) is 5.13 Å². The van der Waals surface area contributed by atoms with Crippen molar-refractivity contribution in [2.24, 2.45) is 0 Å². The van der Waals surface area contributed by atoms with Gasteiger partial charge < -0.3 is 9.88 Å². The highest BCUT2D eigenvalue weighted by atomic mass is 32.1. The summed E-state index contributed by atoms with van der Waals surface area (Å²) < 4.78 is 2.11. The second-order valence-corrected chi connectivity index (χ2v) is 8.33. The van der Waals surface area contributed by atoms with Crippen LogP contribution in [-0.2, 0) is 4.79 Å². The molecule has 1 N–H and O–H groups in total. The van der Waals surface area contributed by atoms with E-state index in [0.717, 1.165) is 21.6 Å². The van der Waals surface area contributed by atoms with Crippen LogP contribution in [0.25, 0.3) is 28.2 Å². The SMILES string of the molecule is CC=Cn1ccc2cc(-c3cccc(C(C)C(=O)Nc4ncc(C)s4)c3)ccc21. The molecule has 0 spiro atoms. The number of carbonyl (C=O) groups excluding carboxylic acids is 1. The Morgan fingerprint density at radius 3 is 2.76 bits per heavy atom. The molecule has 2 heterocycles. The first-order valence-electron chi connectivity index (χ1n) is 9.62. The molecule has 2 aromatic heterocycles. The van der Waals surface area contributed by atoms with Gasteiger partial charge in [-0.15, -0.1) is 11.3 Å². The van der Waals surface area contributed by atoms with E-state index in [2.05, 4.69) is 57.5 Å². The number of carbonyl (C=O) groups is 1. The van der Waals surface area contributed by atoms with E-state index < -0.39 is 0 Å². The third kappa shape index (κ3) is 4.00. The van der Waals surface area contributed by atoms with Crippen molar-refractivity contribution in [2.75, 3.05) is 5.32 Å². The monoisotopic (exact) mass is 401 g/mol. The van der Waals surface area contributed by atoms with Crippen molar-refractivity contribution in [3.8, 4) is 11.1 Å². The zero-order chi connectivity index (χ0) is 20.4. The number of hydrogen-bond acceptors (Lipinski definition) is 3. The number of nitrogens with one attached hydrogen (secondary N) is 1. The van der Waals surface area contributed by atoms with Crippen LogP contribution in [0.5, 0.6) is 0 Å². The van der Waals surface area contributed by atoms with E-state index in [1.165, 1.54) is 22.2 Å². The molecular weight excluding hydrogens is 378 g/mol. The van der Waals surface area contributed by atoms with E-state index >= 15 is 0 Å². The normalized spacial score (nSPS) is 12.5. The molecule has 0 bridgehead atoms. The fourth-order valence-electron chi connectivity index (χ4n) is 3.40. The molecule has 1 atom stereocenters. The summed E-state index contributed by atoms with van der Waals surface area (Å²) in [4.78, 5) is 18.0. The fourth-order valence-corrected chi connectivity index (χ4v) is 4.07. The minimum atomic E-state index is -0.265. The van der Waals surface area contributed by atoms with Gasteiger partial charge in [0, 0.05) is 28.9 Å². The van der Waals surface area contributed by atoms with Gasteiger partial charge in [0.05, 0.1) is 11.4 Å². The van der Waals surface area contributed by atoms with Crippen LogP contribution in [-0.4, -0.2) is 15.5 Å². The number of nitrogens with zero attached hydrogens (tertiary/aromatic N) is 2. The number of hydrogen-bond donors (Lipinski definition) is 1. The summed E-state index contributed by atoms with van der Waals surface area (Å²) in [5.74, 6) is -0.311. The van der Waals surface area contributed by atoms with Crippen LogP contribution in [0, 0.1) is 6.92 Å². The molecule has 0 aliphatic carbocycles. The fraction of sp³-hybridized carbons (Fsp3) is 0.167. The number of aromatic nitrogens is 2. The van der Waals surface area contributed by atoms with Gasteiger partial charge in [0.15, 0.2) is 5.13 Å². The van der Waals surface area contributed by atoms with Gasteiger partial charge in [0.2, 0.25) is 5.91 Å². The van der Waals surface area contributed by atoms with E-state index in [4.69, 9.17) is 0 Å². The summed E-state index contributed by atoms with van der Waals surface area (Å²) in [6.45, 7) is 5.91. The minimum absolute atomic E-state index is 0.0459. The molecule has 0 aliphatic heterocycles. The zero-order valence-corrected chi connectivity index (χ0v) is 17.5. The van der Waals surface area contributed by atoms with Crippen molar-refractivity contribution in [1.29, 1.82) is 0 Å². The lowest BCUT2D eigenvalue weighted by Crippen LogP contribution is -2.18. The number of anilines is 1. The maximum Gasteiger partial charge on any atom is 0.233 e. The highest BCUT2D eigenvalue weighted by Gasteiger charge is 2.17. The van der Waals surface area contributed by atoms with Gasteiger partial charge >= 0.3 is 0 Å². The number of aryl methyl sites for hydroxylation is 1. The standard InChI is InChI=1S/C24H23N3OS/c1-4-11-27-12-10-21-14-20(8-9-22(21)27)19-7-5-6-18(13-19)17(3)23(28)26-24-25-15-16(2)29-24/h4-15,17H,1-3H3,(H,25,26,28). The van der Waals surface area contributed by atoms with E-state index in [9.17, 15) is 4.79 Å². The molecule has 0 saturated heterocycles. The lowest BCUT2D eigenvalue weighted by Gasteiger charge is -2.13. The molecule has 0 fully saturated rings. The lowest BCUT2D eigenvalue weighted by molar-refractivity contribution is -0.117. The van der Waals surface area contributed by atoms with Crippen LogP contribution < -0.4 is 5.32 Å². The summed E-state index contributed by atoms with van der Waals surface area (Å²) >= 11 is 1.49. The van der Waals surface area contributed by atoms with E-state index in [1.807, 2.05) is 45.2 Å². The lowest BCUT2D eigenvalue weighted by atomic mass is 9.95. The summed E-state index contributed by atoms with van der Waals surface area (Å²) in [5.41, 5.74) is 4.41. The maximum atomic E-state index is 12.7. The molecule has 4 nitrogen and oxygen atoms in total. The third-order valence-electron chi connectivity index (χ3n) is 4.99. The molecule has 4 aromatic rings. The molecule has 4 rings (SSSR count). The first kappa shape index (κ1) is 19.2. The average Bonchev–Trinajstić information content (AvgIpc) is 3.33. The van der Waals surface area contributed by atoms with Crippen molar-refractivity contribution in [2.45, 2.75) is 26.7 Å². The Morgan fingerprint density at radius 1 is 1.17 bits per heavy atom. The maximum absolute atomic E-state index is 12.7. The number of allylic oxidation sites excluding steroid dienone is 1. The summed E-state index contributed by atoms with van der Waals surface area (Å²) in [6, 6.07) is 16.8. The average molecular weight is 402 g/mol. The Bertz CT molecular complexity index is 1200. The van der Waals surface area contributed by atoms with Crippen molar-refractivity contribution >= 4 is 39.5 Å². The van der Waals surface area contributed by atoms with Gasteiger partial charge in [-0.25, -0.2) is 4.98 Å². The number of fused-ring (bicyclic) bond motifs is 1. The third-order valence-corrected chi connectivity index (χ3v) is 5.82. The minimum Gasteiger partial charge on any atom is -0.324 e. The number of benzene rings is 2. The van der Waals surface area contributed by atoms with Gasteiger partial charge in [-0.1, -0.05) is 36.4 Å². The first-order chi connectivity index (χ1) is 14.0. The smallest absolute Gasteiger partial charge is 0.233 e. The molecule has 1 amide bonds. The van der Waals surface area contributed by atoms with Crippen LogP contribution in [0.2, 0.25) is 0 Å². The van der Waals surface area contributed by atoms with Crippen molar-refractivity contribution < 1.29 is 4.79 Å². The van der Waals surface area contributed by atoms with Gasteiger partial charge in [-0.05, 0) is 55.7 Å². The van der Waals surface area contributed by atoms with Gasteiger partial charge in [-0.2, -0.15) is 0 Å². The van der Waals surface area contributed by atoms with Crippen LogP contribution in [0.4, 0.5) is 5.13 Å². The van der Waals surface area contributed by atoms with Crippen LogP contribution in [0.3, 0.4) is 0 Å². The highest BCUT2D eigenvalue weighted by molar-refractivity contribution is 7.15. The Kier molecular flexibility index (Phi) is 5.32. The van der Waals surface area contributed by atoms with E-state index in [-0.39, 0.29) is 11.8 Å². The predicted octanol–water partition coefficient (Wildman–Crippen LogP) is 6.31. The molecule has 0 aliphatic rings.